The minimum absolute atomic E-state index is 0.00365. The molecule has 20 rings (SSSR count). The van der Waals surface area contributed by atoms with Crippen LogP contribution in [0.4, 0.5) is 8.78 Å². The first-order valence-corrected chi connectivity index (χ1v) is 41.0. The topological polar surface area (TPSA) is 351 Å². The van der Waals surface area contributed by atoms with Gasteiger partial charge in [0.1, 0.15) is 31.6 Å². The number of methoxy groups -OCH3 is 1. The number of hydrogen-bond donors (Lipinski definition) is 11. The molecule has 4 unspecified atom stereocenters. The highest BCUT2D eigenvalue weighted by Gasteiger charge is 2.53. The van der Waals surface area contributed by atoms with Crippen molar-refractivity contribution in [2.45, 2.75) is 195 Å². The van der Waals surface area contributed by atoms with Crippen molar-refractivity contribution in [2.75, 3.05) is 59.7 Å². The molecular weight excluding hydrogens is 1490 g/mol. The summed E-state index contributed by atoms with van der Waals surface area (Å²) in [6, 6.07) is 28.1. The van der Waals surface area contributed by atoms with E-state index in [0.29, 0.717) is 78.3 Å². The third kappa shape index (κ3) is 14.1. The number of alkyl halides is 2. The summed E-state index contributed by atoms with van der Waals surface area (Å²) in [6.45, 7) is 3.16. The fraction of sp³-hybridized carbons (Fsp3) is 0.465. The van der Waals surface area contributed by atoms with E-state index in [9.17, 15) is 57.4 Å². The van der Waals surface area contributed by atoms with E-state index in [1.54, 1.807) is 46.0 Å². The zero-order chi connectivity index (χ0) is 80.2. The number of carbonyl (C=O) groups excluding carboxylic acids is 8. The number of rotatable bonds is 9. The lowest BCUT2D eigenvalue weighted by Crippen LogP contribution is -2.55. The molecule has 7 aromatic rings. The van der Waals surface area contributed by atoms with Gasteiger partial charge in [-0.15, -0.1) is 0 Å². The molecule has 116 heavy (non-hydrogen) atoms. The number of nitrogens with zero attached hydrogens (tertiary/aromatic N) is 7. The number of aromatic amines is 1. The molecule has 9 aliphatic heterocycles. The van der Waals surface area contributed by atoms with Gasteiger partial charge in [0.2, 0.25) is 17.7 Å². The average Bonchev–Trinajstić information content (AvgIpc) is 1.59. The fourth-order valence-corrected chi connectivity index (χ4v) is 20.8. The molecule has 28 nitrogen and oxygen atoms in total. The smallest absolute Gasteiger partial charge is 0.315 e. The van der Waals surface area contributed by atoms with E-state index in [1.807, 2.05) is 84.6 Å². The lowest BCUT2D eigenvalue weighted by atomic mass is 9.87. The molecule has 4 saturated carbocycles. The maximum absolute atomic E-state index is 13.8. The van der Waals surface area contributed by atoms with Crippen LogP contribution in [0.2, 0.25) is 0 Å². The molecule has 11 N–H and O–H groups in total. The molecule has 4 fully saturated rings. The van der Waals surface area contributed by atoms with Crippen molar-refractivity contribution in [3.8, 4) is 5.75 Å². The van der Waals surface area contributed by atoms with E-state index < -0.39 is 55.8 Å². The first-order chi connectivity index (χ1) is 56.5. The number of benzene rings is 3. The number of carbonyl (C=O) groups is 8. The molecule has 30 heteroatoms. The van der Waals surface area contributed by atoms with Gasteiger partial charge in [0.25, 0.3) is 29.5 Å². The van der Waals surface area contributed by atoms with Crippen LogP contribution < -0.4 is 47.3 Å². The van der Waals surface area contributed by atoms with Gasteiger partial charge < -0.3 is 86.8 Å². The molecule has 13 heterocycles. The highest BCUT2D eigenvalue weighted by molar-refractivity contribution is 6.03. The molecule has 3 aromatic carbocycles. The number of H-pyrrole nitrogens is 1. The van der Waals surface area contributed by atoms with E-state index in [1.165, 1.54) is 4.90 Å². The monoisotopic (exact) mass is 1580 g/mol. The standard InChI is InChI=1S/C23H28N4O3.C22H22F2N4O2.C21H25N3O4.C20H23N5O3/c1-13-10-14-6-5-7-15(21(14)25-13)22-20-17(11-24-23(20)29)26-16-8-3-4-9-18(16)27(22)19(28)12-30-2;23-20(24)22(30)28-16-9-2-1-8-14(16)27-15-11-26-21(29)17(15)19(28)13-7-3-5-12-6-4-10-25-18(12)13;25-11-17(26)24-16-7-2-1-6-14(16)23-15-10-22-21(27)18(15)19(24)13-5-3-4-12-8-9-28-20(12)13;26-11-17(27)24-15-6-2-1-5-13(15)23-14-10-21-20(28)18(14)19(24)16-7-3-4-12-8-9-22-25(12)16/h5-7,10,16,18,22,25-26H,3-4,8-9,11-12H2,1-2H3,(H,24,29);3-7,10,14,16,19-20,27H,1-2,8-9,11H2,(H,26,29);3-5,14,16,19,23,25H,1-2,6-11H2,(H,22,27);3-4,7-9,13,15,19,23,26H,1-2,5-6,10-11H2,(H,21,28)/t16-,18?,22-;2*14-,16?,19-;13-,15?,19-/m1111/s1. The fourth-order valence-electron chi connectivity index (χ4n) is 20.8. The highest BCUT2D eigenvalue weighted by Crippen LogP contribution is 2.49. The molecule has 608 valence electrons. The van der Waals surface area contributed by atoms with Crippen molar-refractivity contribution >= 4 is 74.6 Å². The molecule has 4 aliphatic carbocycles. The summed E-state index contributed by atoms with van der Waals surface area (Å²) in [5.41, 5.74) is 13.3. The van der Waals surface area contributed by atoms with E-state index in [0.717, 1.165) is 175 Å². The minimum atomic E-state index is -3.15. The summed E-state index contributed by atoms with van der Waals surface area (Å²) >= 11 is 0. The van der Waals surface area contributed by atoms with Gasteiger partial charge in [0.05, 0.1) is 120 Å². The number of nitrogens with one attached hydrogen (secondary N) is 9. The number of pyridine rings is 2. The zero-order valence-electron chi connectivity index (χ0n) is 64.9. The Hall–Kier alpha value is -11.2. The molecular formula is C86H98F2N16O12. The Kier molecular flexibility index (Phi) is 21.9. The number of aliphatic hydroxyl groups is 2. The Bertz CT molecular complexity index is 5200. The van der Waals surface area contributed by atoms with Crippen molar-refractivity contribution in [1.82, 2.24) is 81.7 Å². The Morgan fingerprint density at radius 2 is 0.966 bits per heavy atom. The molecule has 4 aromatic heterocycles. The summed E-state index contributed by atoms with van der Waals surface area (Å²) < 4.78 is 40.6. The third-order valence-corrected chi connectivity index (χ3v) is 25.7. The van der Waals surface area contributed by atoms with Crippen LogP contribution >= 0.6 is 0 Å². The molecule has 13 aliphatic rings. The lowest BCUT2D eigenvalue weighted by molar-refractivity contribution is -0.149. The van der Waals surface area contributed by atoms with Gasteiger partial charge in [-0.05, 0) is 94.2 Å². The largest absolute Gasteiger partial charge is 0.493 e. The third-order valence-electron chi connectivity index (χ3n) is 25.7. The van der Waals surface area contributed by atoms with Crippen molar-refractivity contribution in [2.24, 2.45) is 0 Å². The van der Waals surface area contributed by atoms with Crippen LogP contribution in [0.5, 0.6) is 5.75 Å². The maximum atomic E-state index is 13.8. The van der Waals surface area contributed by atoms with Crippen molar-refractivity contribution in [3.63, 3.8) is 0 Å². The minimum Gasteiger partial charge on any atom is -0.493 e. The second-order valence-electron chi connectivity index (χ2n) is 32.3. The highest BCUT2D eigenvalue weighted by atomic mass is 19.3. The number of aromatic nitrogens is 4. The number of halogens is 2. The van der Waals surface area contributed by atoms with Gasteiger partial charge >= 0.3 is 6.43 Å². The van der Waals surface area contributed by atoms with Gasteiger partial charge in [-0.25, -0.2) is 4.52 Å². The van der Waals surface area contributed by atoms with Gasteiger partial charge in [-0.2, -0.15) is 13.9 Å². The summed E-state index contributed by atoms with van der Waals surface area (Å²) in [4.78, 5) is 119. The summed E-state index contributed by atoms with van der Waals surface area (Å²) in [5, 5.41) is 51.6. The van der Waals surface area contributed by atoms with Crippen LogP contribution in [0.3, 0.4) is 0 Å². The zero-order valence-corrected chi connectivity index (χ0v) is 64.9. The first-order valence-electron chi connectivity index (χ1n) is 41.0. The van der Waals surface area contributed by atoms with E-state index in [2.05, 4.69) is 69.7 Å². The van der Waals surface area contributed by atoms with Gasteiger partial charge in [-0.3, -0.25) is 43.3 Å². The van der Waals surface area contributed by atoms with Crippen LogP contribution in [-0.2, 0) is 49.5 Å². The van der Waals surface area contributed by atoms with Crippen molar-refractivity contribution in [1.29, 1.82) is 0 Å². The Balaban J connectivity index is 0.000000111. The molecule has 0 radical (unpaired) electrons. The predicted molar refractivity (Wildman–Crippen MR) is 423 cm³/mol. The van der Waals surface area contributed by atoms with E-state index in [-0.39, 0.29) is 90.3 Å². The number of hydrogen-bond acceptors (Lipinski definition) is 18. The Morgan fingerprint density at radius 1 is 0.517 bits per heavy atom. The lowest BCUT2D eigenvalue weighted by Gasteiger charge is -2.42. The average molecular weight is 1590 g/mol. The van der Waals surface area contributed by atoms with Crippen LogP contribution in [0.25, 0.3) is 27.3 Å². The van der Waals surface area contributed by atoms with Gasteiger partial charge in [0.15, 0.2) is 0 Å². The Labute approximate surface area is 668 Å². The molecule has 8 amide bonds. The van der Waals surface area contributed by atoms with Crippen LogP contribution in [0.15, 0.2) is 155 Å². The van der Waals surface area contributed by atoms with Crippen LogP contribution in [0, 0.1) is 6.92 Å². The first kappa shape index (κ1) is 77.3. The van der Waals surface area contributed by atoms with Crippen molar-refractivity contribution < 1.29 is 66.8 Å². The normalized spacial score (nSPS) is 27.0. The molecule has 0 spiro atoms. The number of para-hydroxylation sites is 3. The number of fused-ring (bicyclic) bond motifs is 8. The summed E-state index contributed by atoms with van der Waals surface area (Å²) in [6.07, 6.45) is 16.1. The second kappa shape index (κ2) is 32.8. The predicted octanol–water partition coefficient (Wildman–Crippen LogP) is 6.24. The number of aliphatic hydroxyl groups excluding tert-OH is 2. The number of amides is 8. The van der Waals surface area contributed by atoms with Gasteiger partial charge in [0, 0.05) is 106 Å². The quantitative estimate of drug-likeness (QED) is 0.0762. The number of aryl methyl sites for hydroxylation is 1. The number of ether oxygens (including phenoxy) is 2. The Morgan fingerprint density at radius 3 is 1.50 bits per heavy atom. The van der Waals surface area contributed by atoms with Crippen molar-refractivity contribution in [3.05, 3.63) is 188 Å². The molecule has 0 saturated heterocycles. The molecule has 0 bridgehead atoms. The second-order valence-corrected chi connectivity index (χ2v) is 32.3. The van der Waals surface area contributed by atoms with E-state index >= 15 is 0 Å². The van der Waals surface area contributed by atoms with E-state index in [4.69, 9.17) is 9.47 Å². The summed E-state index contributed by atoms with van der Waals surface area (Å²) in [7, 11) is 1.54. The maximum Gasteiger partial charge on any atom is 0.315 e. The molecule has 12 atom stereocenters. The van der Waals surface area contributed by atoms with Crippen LogP contribution in [-0.4, -0.2) is 211 Å². The van der Waals surface area contributed by atoms with Gasteiger partial charge in [-0.1, -0.05) is 118 Å². The summed E-state index contributed by atoms with van der Waals surface area (Å²) in [5.74, 6) is -1.99. The van der Waals surface area contributed by atoms with Crippen LogP contribution in [0.1, 0.15) is 161 Å². The SMILES string of the molecule is COCC(=O)N1C2CCCC[C@H]2NC2=C(C(=O)NC2)[C@H]1c1cccc2cc(C)[nH]c12.O=C1NCC2=C1[C@@H](c1cccc3c1OCC3)N(C(=O)CO)C1CCCC[C@H]1N2.O=C1NCC2=C1[C@@H](c1cccc3cccnc13)N(C(=O)C(F)F)C1CCCC[C@H]1N2.O=C1NCC2=C1[C@@H](c1cccc3ccnn13)N(C(=O)CO)C1CCCC[C@H]1N2.